The minimum atomic E-state index is -3.81. The van der Waals surface area contributed by atoms with E-state index in [0.717, 1.165) is 16.1 Å². The molecule has 0 aliphatic carbocycles. The molecule has 0 radical (unpaired) electrons. The number of hydrogen-bond donors (Lipinski definition) is 2. The summed E-state index contributed by atoms with van der Waals surface area (Å²) in [6, 6.07) is 25.4. The van der Waals surface area contributed by atoms with Gasteiger partial charge in [0.1, 0.15) is 9.88 Å². The van der Waals surface area contributed by atoms with E-state index in [1.165, 1.54) is 23.5 Å². The number of nitrogens with one attached hydrogen (secondary N) is 1. The van der Waals surface area contributed by atoms with E-state index in [4.69, 9.17) is 10.1 Å². The lowest BCUT2D eigenvalue weighted by molar-refractivity contribution is 0.0955. The number of amides is 1. The predicted octanol–water partition coefficient (Wildman–Crippen LogP) is 4.05. The molecule has 0 unspecified atom stereocenters. The largest absolute Gasteiger partial charge is 0.347 e. The number of aromatic nitrogens is 1. The zero-order valence-electron chi connectivity index (χ0n) is 16.4. The molecule has 1 aromatic heterocycles. The molecule has 8 heteroatoms. The van der Waals surface area contributed by atoms with Crippen molar-refractivity contribution in [2.45, 2.75) is 11.4 Å². The molecule has 156 valence electrons. The van der Waals surface area contributed by atoms with Gasteiger partial charge in [-0.3, -0.25) is 4.79 Å². The van der Waals surface area contributed by atoms with E-state index in [-0.39, 0.29) is 17.3 Å². The van der Waals surface area contributed by atoms with Crippen molar-refractivity contribution in [2.75, 3.05) is 0 Å². The SMILES string of the molecule is NS(=O)(=O)c1cccc(CNC(=O)c2sc(-c3ccccc3)nc2-c2ccccc2)c1. The second-order valence-electron chi connectivity index (χ2n) is 6.80. The Kier molecular flexibility index (Phi) is 5.94. The molecule has 1 amide bonds. The zero-order chi connectivity index (χ0) is 21.8. The molecule has 0 bridgehead atoms. The van der Waals surface area contributed by atoms with Gasteiger partial charge in [0.25, 0.3) is 5.91 Å². The Morgan fingerprint density at radius 2 is 1.55 bits per heavy atom. The normalized spacial score (nSPS) is 11.3. The van der Waals surface area contributed by atoms with Crippen LogP contribution in [-0.4, -0.2) is 19.3 Å². The van der Waals surface area contributed by atoms with E-state index >= 15 is 0 Å². The van der Waals surface area contributed by atoms with Crippen molar-refractivity contribution in [1.29, 1.82) is 0 Å². The number of nitrogens with two attached hydrogens (primary N) is 1. The quantitative estimate of drug-likeness (QED) is 0.463. The van der Waals surface area contributed by atoms with Gasteiger partial charge < -0.3 is 5.32 Å². The third-order valence-electron chi connectivity index (χ3n) is 4.58. The highest BCUT2D eigenvalue weighted by atomic mass is 32.2. The lowest BCUT2D eigenvalue weighted by atomic mass is 10.1. The molecular formula is C23H19N3O3S2. The average molecular weight is 450 g/mol. The van der Waals surface area contributed by atoms with Gasteiger partial charge in [0.2, 0.25) is 10.0 Å². The summed E-state index contributed by atoms with van der Waals surface area (Å²) in [5.41, 5.74) is 3.03. The van der Waals surface area contributed by atoms with Gasteiger partial charge in [-0.2, -0.15) is 0 Å². The van der Waals surface area contributed by atoms with E-state index in [0.29, 0.717) is 16.1 Å². The molecule has 0 atom stereocenters. The summed E-state index contributed by atoms with van der Waals surface area (Å²) in [6.07, 6.45) is 0. The maximum Gasteiger partial charge on any atom is 0.263 e. The topological polar surface area (TPSA) is 102 Å². The van der Waals surface area contributed by atoms with Crippen molar-refractivity contribution >= 4 is 27.3 Å². The van der Waals surface area contributed by atoms with Crippen LogP contribution in [0.15, 0.2) is 89.8 Å². The van der Waals surface area contributed by atoms with Crippen LogP contribution in [0.4, 0.5) is 0 Å². The van der Waals surface area contributed by atoms with Crippen LogP contribution >= 0.6 is 11.3 Å². The second kappa shape index (κ2) is 8.81. The van der Waals surface area contributed by atoms with Crippen LogP contribution in [0.5, 0.6) is 0 Å². The summed E-state index contributed by atoms with van der Waals surface area (Å²) in [5.74, 6) is -0.278. The number of rotatable bonds is 6. The number of nitrogens with zero attached hydrogens (tertiary/aromatic N) is 1. The molecule has 0 fully saturated rings. The molecule has 4 aromatic rings. The molecular weight excluding hydrogens is 430 g/mol. The predicted molar refractivity (Wildman–Crippen MR) is 122 cm³/mol. The summed E-state index contributed by atoms with van der Waals surface area (Å²) in [7, 11) is -3.81. The summed E-state index contributed by atoms with van der Waals surface area (Å²) >= 11 is 1.32. The van der Waals surface area contributed by atoms with E-state index in [2.05, 4.69) is 5.32 Å². The highest BCUT2D eigenvalue weighted by Crippen LogP contribution is 2.33. The van der Waals surface area contributed by atoms with Crippen molar-refractivity contribution in [3.63, 3.8) is 0 Å². The van der Waals surface area contributed by atoms with Crippen molar-refractivity contribution in [3.8, 4) is 21.8 Å². The molecule has 3 N–H and O–H groups in total. The van der Waals surface area contributed by atoms with Crippen LogP contribution in [0.1, 0.15) is 15.2 Å². The lowest BCUT2D eigenvalue weighted by Crippen LogP contribution is -2.22. The Morgan fingerprint density at radius 3 is 2.19 bits per heavy atom. The van der Waals surface area contributed by atoms with E-state index in [1.807, 2.05) is 60.7 Å². The minimum Gasteiger partial charge on any atom is -0.347 e. The van der Waals surface area contributed by atoms with Gasteiger partial charge in [0.15, 0.2) is 0 Å². The van der Waals surface area contributed by atoms with Crippen LogP contribution in [0.2, 0.25) is 0 Å². The number of carbonyl (C=O) groups is 1. The van der Waals surface area contributed by atoms with Gasteiger partial charge in [0.05, 0.1) is 10.6 Å². The summed E-state index contributed by atoms with van der Waals surface area (Å²) < 4.78 is 23.1. The van der Waals surface area contributed by atoms with Crippen molar-refractivity contribution in [3.05, 3.63) is 95.4 Å². The van der Waals surface area contributed by atoms with Gasteiger partial charge in [-0.1, -0.05) is 72.8 Å². The van der Waals surface area contributed by atoms with Crippen molar-refractivity contribution in [1.82, 2.24) is 10.3 Å². The monoisotopic (exact) mass is 449 g/mol. The molecule has 31 heavy (non-hydrogen) atoms. The Hall–Kier alpha value is -3.33. The van der Waals surface area contributed by atoms with Gasteiger partial charge in [-0.05, 0) is 17.7 Å². The van der Waals surface area contributed by atoms with Crippen LogP contribution in [0, 0.1) is 0 Å². The summed E-state index contributed by atoms with van der Waals surface area (Å²) in [4.78, 5) is 18.3. The first-order chi connectivity index (χ1) is 14.9. The lowest BCUT2D eigenvalue weighted by Gasteiger charge is -2.07. The molecule has 0 saturated heterocycles. The third-order valence-corrected chi connectivity index (χ3v) is 6.60. The first kappa shape index (κ1) is 20.9. The highest BCUT2D eigenvalue weighted by molar-refractivity contribution is 7.89. The van der Waals surface area contributed by atoms with Gasteiger partial charge in [-0.15, -0.1) is 11.3 Å². The number of hydrogen-bond acceptors (Lipinski definition) is 5. The molecule has 3 aromatic carbocycles. The Balaban J connectivity index is 1.64. The van der Waals surface area contributed by atoms with E-state index < -0.39 is 10.0 Å². The van der Waals surface area contributed by atoms with Crippen molar-refractivity contribution in [2.24, 2.45) is 5.14 Å². The van der Waals surface area contributed by atoms with Gasteiger partial charge in [-0.25, -0.2) is 18.5 Å². The molecule has 4 rings (SSSR count). The fourth-order valence-electron chi connectivity index (χ4n) is 3.06. The average Bonchev–Trinajstić information content (AvgIpc) is 3.24. The van der Waals surface area contributed by atoms with Gasteiger partial charge in [0, 0.05) is 17.7 Å². The number of thiazole rings is 1. The second-order valence-corrected chi connectivity index (χ2v) is 9.36. The highest BCUT2D eigenvalue weighted by Gasteiger charge is 2.20. The molecule has 1 heterocycles. The number of benzene rings is 3. The summed E-state index contributed by atoms with van der Waals surface area (Å²) in [6.45, 7) is 0.162. The van der Waals surface area contributed by atoms with Crippen LogP contribution < -0.4 is 10.5 Å². The van der Waals surface area contributed by atoms with Gasteiger partial charge >= 0.3 is 0 Å². The van der Waals surface area contributed by atoms with E-state index in [1.54, 1.807) is 12.1 Å². The van der Waals surface area contributed by atoms with E-state index in [9.17, 15) is 13.2 Å². The Morgan fingerprint density at radius 1 is 0.903 bits per heavy atom. The first-order valence-electron chi connectivity index (χ1n) is 9.43. The van der Waals surface area contributed by atoms with Crippen LogP contribution in [-0.2, 0) is 16.6 Å². The summed E-state index contributed by atoms with van der Waals surface area (Å²) in [5, 5.41) is 8.81. The molecule has 6 nitrogen and oxygen atoms in total. The Bertz CT molecular complexity index is 1320. The third kappa shape index (κ3) is 4.88. The van der Waals surface area contributed by atoms with Crippen LogP contribution in [0.25, 0.3) is 21.8 Å². The maximum absolute atomic E-state index is 13.1. The maximum atomic E-state index is 13.1. The van der Waals surface area contributed by atoms with Crippen molar-refractivity contribution < 1.29 is 13.2 Å². The smallest absolute Gasteiger partial charge is 0.263 e. The van der Waals surface area contributed by atoms with Crippen LogP contribution in [0.3, 0.4) is 0 Å². The fourth-order valence-corrected chi connectivity index (χ4v) is 4.66. The first-order valence-corrected chi connectivity index (χ1v) is 11.8. The molecule has 0 aliphatic heterocycles. The number of primary sulfonamides is 1. The number of sulfonamides is 1. The minimum absolute atomic E-state index is 0.00776. The zero-order valence-corrected chi connectivity index (χ0v) is 18.0. The molecule has 0 saturated carbocycles. The number of carbonyl (C=O) groups excluding carboxylic acids is 1. The molecule has 0 aliphatic rings. The standard InChI is InChI=1S/C23H19N3O3S2/c24-31(28,29)19-13-7-8-16(14-19)15-25-22(27)21-20(17-9-3-1-4-10-17)26-23(30-21)18-11-5-2-6-12-18/h1-14H,15H2,(H,25,27)(H2,24,28,29). The Labute approximate surface area is 184 Å². The fraction of sp³-hybridized carbons (Fsp3) is 0.0435. The molecule has 0 spiro atoms.